The molecule has 2 heterocycles. The van der Waals surface area contributed by atoms with E-state index in [2.05, 4.69) is 10.2 Å². The largest absolute Gasteiger partial charge is 0.312 e. The molecule has 0 aromatic carbocycles. The van der Waals surface area contributed by atoms with Crippen LogP contribution in [0.1, 0.15) is 33.6 Å². The highest BCUT2D eigenvalue weighted by atomic mass is 32.2. The van der Waals surface area contributed by atoms with Gasteiger partial charge in [-0.3, -0.25) is 0 Å². The molecule has 2 saturated heterocycles. The summed E-state index contributed by atoms with van der Waals surface area (Å²) in [6, 6.07) is 0.594. The molecule has 0 radical (unpaired) electrons. The van der Waals surface area contributed by atoms with E-state index in [0.29, 0.717) is 12.6 Å². The maximum Gasteiger partial charge on any atom is 0.156 e. The molecule has 0 amide bonds. The smallest absolute Gasteiger partial charge is 0.156 e. The Morgan fingerprint density at radius 1 is 1.28 bits per heavy atom. The van der Waals surface area contributed by atoms with Gasteiger partial charge in [-0.15, -0.1) is 0 Å². The van der Waals surface area contributed by atoms with Gasteiger partial charge in [0.1, 0.15) is 0 Å². The zero-order chi connectivity index (χ0) is 13.4. The van der Waals surface area contributed by atoms with E-state index >= 15 is 0 Å². The lowest BCUT2D eigenvalue weighted by atomic mass is 9.94. The van der Waals surface area contributed by atoms with Crippen LogP contribution in [0.3, 0.4) is 0 Å². The minimum Gasteiger partial charge on any atom is -0.312 e. The third-order valence-corrected chi connectivity index (χ3v) is 6.87. The molecule has 0 aliphatic carbocycles. The van der Waals surface area contributed by atoms with E-state index in [-0.39, 0.29) is 5.75 Å². The van der Waals surface area contributed by atoms with E-state index in [1.807, 2.05) is 0 Å². The lowest BCUT2D eigenvalue weighted by molar-refractivity contribution is 0.330. The fourth-order valence-corrected chi connectivity index (χ4v) is 3.99. The number of likely N-dealkylation sites (tertiary alicyclic amines) is 1. The van der Waals surface area contributed by atoms with Crippen LogP contribution in [-0.4, -0.2) is 56.0 Å². The molecule has 0 aromatic heterocycles. The van der Waals surface area contributed by atoms with Gasteiger partial charge in [0.25, 0.3) is 0 Å². The summed E-state index contributed by atoms with van der Waals surface area (Å²) in [5.41, 5.74) is 0. The summed E-state index contributed by atoms with van der Waals surface area (Å²) in [7, 11) is -2.98. The molecule has 0 spiro atoms. The second-order valence-electron chi connectivity index (χ2n) is 6.65. The Morgan fingerprint density at radius 2 is 2.00 bits per heavy atom. The number of piperidine rings is 1. The maximum atomic E-state index is 12.1. The van der Waals surface area contributed by atoms with E-state index in [1.54, 1.807) is 20.8 Å². The second-order valence-corrected chi connectivity index (χ2v) is 9.52. The number of hydrogen-bond donors (Lipinski definition) is 1. The van der Waals surface area contributed by atoms with Gasteiger partial charge in [0, 0.05) is 25.7 Å². The van der Waals surface area contributed by atoms with Crippen molar-refractivity contribution < 1.29 is 8.42 Å². The fourth-order valence-electron chi connectivity index (χ4n) is 2.87. The zero-order valence-corrected chi connectivity index (χ0v) is 12.6. The summed E-state index contributed by atoms with van der Waals surface area (Å²) < 4.78 is 23.5. The Hall–Kier alpha value is -0.130. The van der Waals surface area contributed by atoms with Gasteiger partial charge in [0.05, 0.1) is 10.5 Å². The highest BCUT2D eigenvalue weighted by molar-refractivity contribution is 7.92. The van der Waals surface area contributed by atoms with Crippen molar-refractivity contribution in [1.82, 2.24) is 10.2 Å². The van der Waals surface area contributed by atoms with Crippen molar-refractivity contribution >= 4 is 9.84 Å². The number of hydrogen-bond acceptors (Lipinski definition) is 4. The molecule has 0 bridgehead atoms. The third kappa shape index (κ3) is 3.06. The first-order chi connectivity index (χ1) is 8.29. The minimum atomic E-state index is -2.98. The van der Waals surface area contributed by atoms with Crippen molar-refractivity contribution in [2.45, 2.75) is 44.4 Å². The molecule has 0 aromatic rings. The van der Waals surface area contributed by atoms with Gasteiger partial charge in [-0.25, -0.2) is 8.42 Å². The molecule has 106 valence electrons. The molecule has 2 aliphatic heterocycles. The van der Waals surface area contributed by atoms with Crippen LogP contribution >= 0.6 is 0 Å². The second kappa shape index (κ2) is 5.10. The van der Waals surface area contributed by atoms with Crippen LogP contribution in [0, 0.1) is 5.92 Å². The van der Waals surface area contributed by atoms with Crippen molar-refractivity contribution in [3.8, 4) is 0 Å². The molecule has 18 heavy (non-hydrogen) atoms. The van der Waals surface area contributed by atoms with Gasteiger partial charge in [-0.05, 0) is 46.1 Å². The lowest BCUT2D eigenvalue weighted by Crippen LogP contribution is -2.41. The van der Waals surface area contributed by atoms with E-state index < -0.39 is 14.6 Å². The summed E-state index contributed by atoms with van der Waals surface area (Å²) >= 11 is 0. The molecule has 0 saturated carbocycles. The molecule has 4 nitrogen and oxygen atoms in total. The number of sulfone groups is 1. The van der Waals surface area contributed by atoms with Gasteiger partial charge < -0.3 is 10.2 Å². The van der Waals surface area contributed by atoms with E-state index in [1.165, 1.54) is 12.8 Å². The van der Waals surface area contributed by atoms with Gasteiger partial charge >= 0.3 is 0 Å². The Balaban J connectivity index is 1.85. The van der Waals surface area contributed by atoms with Crippen LogP contribution in [0.25, 0.3) is 0 Å². The third-order valence-electron chi connectivity index (χ3n) is 4.28. The quantitative estimate of drug-likeness (QED) is 0.830. The molecule has 2 aliphatic rings. The van der Waals surface area contributed by atoms with Crippen LogP contribution < -0.4 is 5.32 Å². The van der Waals surface area contributed by atoms with Crippen LogP contribution in [0.2, 0.25) is 0 Å². The summed E-state index contributed by atoms with van der Waals surface area (Å²) in [4.78, 5) is 2.32. The first kappa shape index (κ1) is 14.3. The van der Waals surface area contributed by atoms with Crippen LogP contribution in [0.4, 0.5) is 0 Å². The highest BCUT2D eigenvalue weighted by Gasteiger charge is 2.35. The van der Waals surface area contributed by atoms with E-state index in [4.69, 9.17) is 0 Å². The average Bonchev–Trinajstić information content (AvgIpc) is 2.67. The maximum absolute atomic E-state index is 12.1. The standard InChI is InChI=1S/C13H26N2O2S/c1-13(2,3)18(16,17)8-7-15-9-11-5-4-6-14-12(11)10-15/h11-12,14H,4-10H2,1-3H3. The average molecular weight is 274 g/mol. The van der Waals surface area contributed by atoms with Gasteiger partial charge in [0.15, 0.2) is 9.84 Å². The Kier molecular flexibility index (Phi) is 4.04. The predicted octanol–water partition coefficient (Wildman–Crippen LogP) is 0.884. The Bertz CT molecular complexity index is 372. The zero-order valence-electron chi connectivity index (χ0n) is 11.8. The Labute approximate surface area is 111 Å². The highest BCUT2D eigenvalue weighted by Crippen LogP contribution is 2.25. The van der Waals surface area contributed by atoms with Gasteiger partial charge in [-0.2, -0.15) is 0 Å². The molecular weight excluding hydrogens is 248 g/mol. The van der Waals surface area contributed by atoms with Crippen molar-refractivity contribution in [2.24, 2.45) is 5.92 Å². The first-order valence-electron chi connectivity index (χ1n) is 6.98. The molecule has 2 unspecified atom stereocenters. The number of fused-ring (bicyclic) bond motifs is 1. The summed E-state index contributed by atoms with van der Waals surface area (Å²) in [5.74, 6) is 1.02. The van der Waals surface area contributed by atoms with Gasteiger partial charge in [-0.1, -0.05) is 0 Å². The molecule has 5 heteroatoms. The van der Waals surface area contributed by atoms with Crippen molar-refractivity contribution in [3.05, 3.63) is 0 Å². The van der Waals surface area contributed by atoms with Crippen LogP contribution in [0.5, 0.6) is 0 Å². The van der Waals surface area contributed by atoms with Crippen molar-refractivity contribution in [1.29, 1.82) is 0 Å². The minimum absolute atomic E-state index is 0.288. The van der Waals surface area contributed by atoms with Crippen LogP contribution in [-0.2, 0) is 9.84 Å². The first-order valence-corrected chi connectivity index (χ1v) is 8.63. The summed E-state index contributed by atoms with van der Waals surface area (Å²) in [6.45, 7) is 9.25. The summed E-state index contributed by atoms with van der Waals surface area (Å²) in [5, 5.41) is 3.55. The molecule has 2 rings (SSSR count). The van der Waals surface area contributed by atoms with Crippen molar-refractivity contribution in [2.75, 3.05) is 31.9 Å². The molecule has 2 fully saturated rings. The lowest BCUT2D eigenvalue weighted by Gasteiger charge is -2.24. The Morgan fingerprint density at radius 3 is 2.61 bits per heavy atom. The summed E-state index contributed by atoms with van der Waals surface area (Å²) in [6.07, 6.45) is 2.55. The normalized spacial score (nSPS) is 30.4. The number of nitrogens with zero attached hydrogens (tertiary/aromatic N) is 1. The van der Waals surface area contributed by atoms with E-state index in [9.17, 15) is 8.42 Å². The molecule has 1 N–H and O–H groups in total. The SMILES string of the molecule is CC(C)(C)S(=O)(=O)CCN1CC2CCCNC2C1. The van der Waals surface area contributed by atoms with Crippen LogP contribution in [0.15, 0.2) is 0 Å². The van der Waals surface area contributed by atoms with E-state index in [0.717, 1.165) is 25.6 Å². The number of rotatable bonds is 3. The van der Waals surface area contributed by atoms with Gasteiger partial charge in [0.2, 0.25) is 0 Å². The number of nitrogens with one attached hydrogen (secondary N) is 1. The predicted molar refractivity (Wildman–Crippen MR) is 74.5 cm³/mol. The molecule has 2 atom stereocenters. The van der Waals surface area contributed by atoms with Crippen molar-refractivity contribution in [3.63, 3.8) is 0 Å². The fraction of sp³-hybridized carbons (Fsp3) is 1.00. The monoisotopic (exact) mass is 274 g/mol. The molecular formula is C13H26N2O2S. The topological polar surface area (TPSA) is 49.4 Å².